The zero-order valence-electron chi connectivity index (χ0n) is 17.3. The van der Waals surface area contributed by atoms with Crippen LogP contribution in [0.2, 0.25) is 0 Å². The van der Waals surface area contributed by atoms with E-state index in [1.54, 1.807) is 42.5 Å². The molecule has 0 aromatic heterocycles. The third-order valence-electron chi connectivity index (χ3n) is 4.49. The van der Waals surface area contributed by atoms with Crippen molar-refractivity contribution in [2.45, 2.75) is 18.9 Å². The molecule has 0 saturated carbocycles. The van der Waals surface area contributed by atoms with Gasteiger partial charge in [0.1, 0.15) is 18.5 Å². The van der Waals surface area contributed by atoms with E-state index in [9.17, 15) is 9.59 Å². The smallest absolute Gasteiger partial charge is 0.412 e. The molecule has 1 aliphatic rings. The largest absolute Gasteiger partial charge is 0.491 e. The number of benzene rings is 2. The Morgan fingerprint density at radius 2 is 1.94 bits per heavy atom. The van der Waals surface area contributed by atoms with E-state index in [0.717, 1.165) is 0 Å². The monoisotopic (exact) mass is 463 g/mol. The molecule has 0 unspecified atom stereocenters. The van der Waals surface area contributed by atoms with Gasteiger partial charge in [0.2, 0.25) is 6.79 Å². The third kappa shape index (κ3) is 6.69. The summed E-state index contributed by atoms with van der Waals surface area (Å²) in [5.41, 5.74) is 1.13. The van der Waals surface area contributed by atoms with Gasteiger partial charge in [0, 0.05) is 17.3 Å². The minimum absolute atomic E-state index is 0.00427. The first-order valence-corrected chi connectivity index (χ1v) is 10.7. The molecule has 0 bridgehead atoms. The molecule has 0 saturated heterocycles. The molecule has 0 radical (unpaired) electrons. The summed E-state index contributed by atoms with van der Waals surface area (Å²) in [4.78, 5) is 23.9. The maximum absolute atomic E-state index is 12.6. The highest BCUT2D eigenvalue weighted by Gasteiger charge is 2.22. The lowest BCUT2D eigenvalue weighted by atomic mass is 10.0. The predicted molar refractivity (Wildman–Crippen MR) is 118 cm³/mol. The van der Waals surface area contributed by atoms with Crippen LogP contribution < -0.4 is 19.5 Å². The average molecular weight is 464 g/mol. The topological polar surface area (TPSA) is 113 Å². The van der Waals surface area contributed by atoms with Gasteiger partial charge in [0.25, 0.3) is 0 Å². The Kier molecular flexibility index (Phi) is 8.88. The van der Waals surface area contributed by atoms with Gasteiger partial charge in [0.15, 0.2) is 11.5 Å². The van der Waals surface area contributed by atoms with Gasteiger partial charge in [-0.2, -0.15) is 12.6 Å². The number of nitrogens with one attached hydrogen (secondary N) is 1. The van der Waals surface area contributed by atoms with E-state index >= 15 is 0 Å². The summed E-state index contributed by atoms with van der Waals surface area (Å²) in [6.07, 6.45) is -0.504. The predicted octanol–water partition coefficient (Wildman–Crippen LogP) is 3.33. The Bertz CT molecular complexity index is 923. The van der Waals surface area contributed by atoms with E-state index in [-0.39, 0.29) is 32.4 Å². The van der Waals surface area contributed by atoms with Crippen molar-refractivity contribution in [1.82, 2.24) is 0 Å². The summed E-state index contributed by atoms with van der Waals surface area (Å²) >= 11 is 3.87. The molecule has 1 heterocycles. The number of anilines is 1. The minimum Gasteiger partial charge on any atom is -0.491 e. The summed E-state index contributed by atoms with van der Waals surface area (Å²) in [7, 11) is 0. The van der Waals surface area contributed by atoms with Crippen molar-refractivity contribution in [3.05, 3.63) is 48.0 Å². The molecule has 0 spiro atoms. The molecule has 32 heavy (non-hydrogen) atoms. The van der Waals surface area contributed by atoms with Crippen molar-refractivity contribution < 1.29 is 38.4 Å². The molecule has 9 nitrogen and oxygen atoms in total. The summed E-state index contributed by atoms with van der Waals surface area (Å²) < 4.78 is 26.9. The maximum Gasteiger partial charge on any atom is 0.412 e. The number of ether oxygens (including phenoxy) is 5. The second kappa shape index (κ2) is 12.1. The fourth-order valence-electron chi connectivity index (χ4n) is 3.06. The van der Waals surface area contributed by atoms with Crippen LogP contribution in [0.25, 0.3) is 0 Å². The molecule has 3 rings (SSSR count). The van der Waals surface area contributed by atoms with E-state index in [2.05, 4.69) is 17.9 Å². The summed E-state index contributed by atoms with van der Waals surface area (Å²) in [6.45, 7) is 0.257. The first-order valence-electron chi connectivity index (χ1n) is 10.1. The van der Waals surface area contributed by atoms with Crippen molar-refractivity contribution in [3.8, 4) is 17.2 Å². The van der Waals surface area contributed by atoms with Crippen LogP contribution in [0.15, 0.2) is 42.5 Å². The van der Waals surface area contributed by atoms with Crippen LogP contribution in [-0.4, -0.2) is 49.5 Å². The number of aliphatic hydroxyl groups is 1. The maximum atomic E-state index is 12.6. The number of fused-ring (bicyclic) bond motifs is 1. The van der Waals surface area contributed by atoms with Gasteiger partial charge in [-0.1, -0.05) is 18.2 Å². The molecular weight excluding hydrogens is 438 g/mol. The Hall–Kier alpha value is -3.11. The number of amides is 1. The highest BCUT2D eigenvalue weighted by Crippen LogP contribution is 2.35. The van der Waals surface area contributed by atoms with Gasteiger partial charge in [-0.25, -0.2) is 4.79 Å². The quantitative estimate of drug-likeness (QED) is 0.264. The molecule has 2 N–H and O–H groups in total. The van der Waals surface area contributed by atoms with Crippen LogP contribution in [0.3, 0.4) is 0 Å². The number of hydrogen-bond donors (Lipinski definition) is 3. The van der Waals surface area contributed by atoms with Crippen LogP contribution in [0.1, 0.15) is 24.5 Å². The molecule has 1 atom stereocenters. The number of aliphatic hydroxyl groups excluding tert-OH is 1. The standard InChI is InChI=1S/C22H25NO8S/c24-9-11-27-17-5-2-1-4-16(17)18(6-3-10-28-21(25)13-32)31-22(26)23-15-7-8-19-20(12-15)30-14-29-19/h1-2,4-5,7-8,12,18,24,32H,3,6,9-11,13-14H2,(H,23,26)/t18-/m1/s1. The molecule has 0 aliphatic carbocycles. The number of thiol groups is 1. The SMILES string of the molecule is O=C(CS)OCCC[C@@H](OC(=O)Nc1ccc2c(c1)OCO2)c1ccccc1OCCO. The van der Waals surface area contributed by atoms with E-state index in [0.29, 0.717) is 41.3 Å². The van der Waals surface area contributed by atoms with Gasteiger partial charge in [-0.15, -0.1) is 0 Å². The van der Waals surface area contributed by atoms with Gasteiger partial charge < -0.3 is 28.8 Å². The van der Waals surface area contributed by atoms with Crippen LogP contribution in [0.4, 0.5) is 10.5 Å². The number of esters is 1. The van der Waals surface area contributed by atoms with Gasteiger partial charge in [-0.3, -0.25) is 10.1 Å². The van der Waals surface area contributed by atoms with Crippen LogP contribution in [0, 0.1) is 0 Å². The zero-order valence-corrected chi connectivity index (χ0v) is 18.2. The molecule has 2 aromatic carbocycles. The molecule has 0 fully saturated rings. The van der Waals surface area contributed by atoms with E-state index in [1.807, 2.05) is 0 Å². The van der Waals surface area contributed by atoms with Crippen LogP contribution in [-0.2, 0) is 14.3 Å². The van der Waals surface area contributed by atoms with Crippen molar-refractivity contribution in [1.29, 1.82) is 0 Å². The van der Waals surface area contributed by atoms with Gasteiger partial charge in [0.05, 0.1) is 19.0 Å². The second-order valence-electron chi connectivity index (χ2n) is 6.72. The minimum atomic E-state index is -0.673. The lowest BCUT2D eigenvalue weighted by Crippen LogP contribution is -2.19. The Morgan fingerprint density at radius 3 is 2.75 bits per heavy atom. The zero-order chi connectivity index (χ0) is 22.8. The summed E-state index contributed by atoms with van der Waals surface area (Å²) in [5, 5.41) is 11.8. The molecular formula is C22H25NO8S. The molecule has 1 aliphatic heterocycles. The average Bonchev–Trinajstić information content (AvgIpc) is 3.27. The highest BCUT2D eigenvalue weighted by molar-refractivity contribution is 7.81. The number of para-hydroxylation sites is 1. The van der Waals surface area contributed by atoms with Gasteiger partial charge in [-0.05, 0) is 31.0 Å². The van der Waals surface area contributed by atoms with Crippen LogP contribution in [0.5, 0.6) is 17.2 Å². The van der Waals surface area contributed by atoms with Crippen molar-refractivity contribution >= 4 is 30.4 Å². The summed E-state index contributed by atoms with van der Waals surface area (Å²) in [6, 6.07) is 12.1. The molecule has 172 valence electrons. The number of carbonyl (C=O) groups is 2. The third-order valence-corrected chi connectivity index (χ3v) is 4.74. The fourth-order valence-corrected chi connectivity index (χ4v) is 3.15. The highest BCUT2D eigenvalue weighted by atomic mass is 32.1. The molecule has 10 heteroatoms. The van der Waals surface area contributed by atoms with Gasteiger partial charge >= 0.3 is 12.1 Å². The second-order valence-corrected chi connectivity index (χ2v) is 7.03. The first-order chi connectivity index (χ1) is 15.6. The van der Waals surface area contributed by atoms with Crippen molar-refractivity contribution in [2.24, 2.45) is 0 Å². The number of carbonyl (C=O) groups excluding carboxylic acids is 2. The van der Waals surface area contributed by atoms with Crippen molar-refractivity contribution in [3.63, 3.8) is 0 Å². The Labute approximate surface area is 191 Å². The first kappa shape index (κ1) is 23.6. The van der Waals surface area contributed by atoms with Crippen molar-refractivity contribution in [2.75, 3.05) is 37.7 Å². The van der Waals surface area contributed by atoms with E-state index < -0.39 is 18.2 Å². The Balaban J connectivity index is 1.68. The van der Waals surface area contributed by atoms with Crippen LogP contribution >= 0.6 is 12.6 Å². The van der Waals surface area contributed by atoms with E-state index in [1.165, 1.54) is 0 Å². The number of rotatable bonds is 11. The summed E-state index contributed by atoms with van der Waals surface area (Å²) in [5.74, 6) is 1.21. The lowest BCUT2D eigenvalue weighted by molar-refractivity contribution is -0.140. The lowest BCUT2D eigenvalue weighted by Gasteiger charge is -2.21. The van der Waals surface area contributed by atoms with E-state index in [4.69, 9.17) is 28.8 Å². The molecule has 2 aromatic rings. The Morgan fingerprint density at radius 1 is 1.12 bits per heavy atom. The normalized spacial score (nSPS) is 12.7. The fraction of sp³-hybridized carbons (Fsp3) is 0.364. The molecule has 1 amide bonds. The number of hydrogen-bond acceptors (Lipinski definition) is 9.